The van der Waals surface area contributed by atoms with Crippen LogP contribution in [0.25, 0.3) is 0 Å². The molecule has 15 aromatic carbocycles. The Balaban J connectivity index is 0.000000162. The molecule has 0 aliphatic rings. The molecule has 0 radical (unpaired) electrons. The predicted molar refractivity (Wildman–Crippen MR) is 532 cm³/mol. The maximum absolute atomic E-state index is 12.1. The molecule has 0 aromatic heterocycles. The van der Waals surface area contributed by atoms with Gasteiger partial charge in [-0.25, -0.2) is 0 Å². The third-order valence-electron chi connectivity index (χ3n) is 21.6. The molecule has 0 aliphatic heterocycles. The zero-order valence-electron chi connectivity index (χ0n) is 74.1. The van der Waals surface area contributed by atoms with E-state index < -0.39 is 23.4 Å². The summed E-state index contributed by atoms with van der Waals surface area (Å²) in [5.41, 5.74) is 11.2. The number of para-hydroxylation sites is 3. The maximum Gasteiger partial charge on any atom is 0.161 e. The SMILES string of the molecule is COc1cc(C(O)c2ccc(OCc3ccccc3)c(OC)c2)ccc1OCc1ccccc1.COc1cc(C(O)c2ccccc2OC)ccc1OCc1ccccc1.COc1ccc(C(O)(c2ccc(C)c(Br)c2)c2ccc(CO)c(Br)c2)cc1Br.COc1ccc(C(O)(c2ccc(C)c(Cl)c2)c2ccc(CO)c(Cl)c2)cc1Cl.COc1ccccc1OCc1ccccc1. The second-order valence-electron chi connectivity index (χ2n) is 30.0. The molecule has 0 heterocycles. The maximum atomic E-state index is 12.1. The van der Waals surface area contributed by atoms with Gasteiger partial charge in [-0.15, -0.1) is 0 Å². The molecule has 15 aromatic rings. The Morgan fingerprint density at radius 1 is 0.265 bits per heavy atom. The molecule has 0 amide bonds. The lowest BCUT2D eigenvalue weighted by atomic mass is 9.80. The summed E-state index contributed by atoms with van der Waals surface area (Å²) in [4.78, 5) is 0. The topological polar surface area (TPSA) is 223 Å². The molecular weight excluding hydrogens is 1930 g/mol. The first kappa shape index (κ1) is 101. The minimum absolute atomic E-state index is 0.0799. The third-order valence-corrected chi connectivity index (χ3v) is 24.8. The van der Waals surface area contributed by atoms with E-state index in [2.05, 4.69) is 47.8 Å². The first-order chi connectivity index (χ1) is 63.9. The van der Waals surface area contributed by atoms with E-state index in [1.165, 1.54) is 7.11 Å². The second kappa shape index (κ2) is 49.6. The van der Waals surface area contributed by atoms with Crippen LogP contribution in [0.5, 0.6) is 63.2 Å². The number of hydrogen-bond acceptors (Lipinski definition) is 17. The van der Waals surface area contributed by atoms with E-state index >= 15 is 0 Å². The van der Waals surface area contributed by atoms with Crippen molar-refractivity contribution in [2.24, 2.45) is 0 Å². The van der Waals surface area contributed by atoms with Crippen molar-refractivity contribution in [1.82, 2.24) is 0 Å². The van der Waals surface area contributed by atoms with Gasteiger partial charge in [-0.2, -0.15) is 0 Å². The van der Waals surface area contributed by atoms with Crippen LogP contribution in [0.15, 0.2) is 347 Å². The highest BCUT2D eigenvalue weighted by atomic mass is 79.9. The Hall–Kier alpha value is -11.8. The molecule has 0 saturated heterocycles. The average molecular weight is 2030 g/mol. The van der Waals surface area contributed by atoms with Crippen molar-refractivity contribution in [2.75, 3.05) is 49.8 Å². The summed E-state index contributed by atoms with van der Waals surface area (Å²) >= 11 is 29.6. The number of aliphatic hydroxyl groups excluding tert-OH is 4. The molecule has 0 bridgehead atoms. The normalized spacial score (nSPS) is 11.9. The molecule has 682 valence electrons. The largest absolute Gasteiger partial charge is 0.496 e. The summed E-state index contributed by atoms with van der Waals surface area (Å²) < 4.78 is 63.4. The Kier molecular flexibility index (Phi) is 37.8. The Morgan fingerprint density at radius 2 is 0.568 bits per heavy atom. The minimum atomic E-state index is -1.56. The lowest BCUT2D eigenvalue weighted by Crippen LogP contribution is -2.29. The number of hydrogen-bond donors (Lipinski definition) is 6. The van der Waals surface area contributed by atoms with Gasteiger partial charge in [0.05, 0.1) is 72.5 Å². The van der Waals surface area contributed by atoms with Gasteiger partial charge in [0, 0.05) is 24.6 Å². The van der Waals surface area contributed by atoms with Crippen LogP contribution in [0, 0.1) is 13.8 Å². The van der Waals surface area contributed by atoms with E-state index in [0.717, 1.165) is 69.4 Å². The second-order valence-corrected chi connectivity index (χ2v) is 33.8. The Morgan fingerprint density at radius 3 is 0.939 bits per heavy atom. The van der Waals surface area contributed by atoms with Crippen molar-refractivity contribution in [3.05, 3.63) is 462 Å². The van der Waals surface area contributed by atoms with Gasteiger partial charge in [0.2, 0.25) is 0 Å². The smallest absolute Gasteiger partial charge is 0.161 e. The standard InChI is InChI=1S/C29H28O5.C22H19Br3O3.C22H19Cl3O3.C22H22O4.C14H14O2/c1-31-27-17-23(13-15-25(27)33-19-21-9-5-3-6-10-21)29(30)24-14-16-26(28(18-24)32-2)34-20-22-11-7-4-8-12-22;2*1-13-3-5-15(9-18(13)23)22(27,16-6-4-14(12-26)19(24)10-16)17-7-8-21(28-2)20(25)11-17;1-24-19-11-7-6-10-18(19)22(23)17-12-13-20(21(14-17)25-2)26-15-16-8-4-3-5-9-16;1-15-13-9-5-6-10-14(13)16-11-12-7-3-2-4-8-12/h3-18,29-30H,19-20H2,1-2H3;2*3-11,26-27H,12H2,1-2H3;3-14,22-23H,15H2,1-2H3;2-10H,11H2,1H3. The number of aliphatic hydroxyl groups is 6. The van der Waals surface area contributed by atoms with Gasteiger partial charge in [0.1, 0.15) is 67.1 Å². The monoisotopic (exact) mass is 2020 g/mol. The fourth-order valence-corrected chi connectivity index (χ4v) is 16.2. The summed E-state index contributed by atoms with van der Waals surface area (Å²) in [6, 6.07) is 104. The van der Waals surface area contributed by atoms with Crippen molar-refractivity contribution in [3.8, 4) is 63.2 Å². The van der Waals surface area contributed by atoms with Crippen molar-refractivity contribution < 1.29 is 82.7 Å². The van der Waals surface area contributed by atoms with E-state index in [4.69, 9.17) is 86.9 Å². The first-order valence-electron chi connectivity index (χ1n) is 41.7. The van der Waals surface area contributed by atoms with Crippen LogP contribution in [0.2, 0.25) is 15.1 Å². The summed E-state index contributed by atoms with van der Waals surface area (Å²) in [7, 11) is 11.1. The lowest BCUT2D eigenvalue weighted by molar-refractivity contribution is 0.125. The highest BCUT2D eigenvalue weighted by Crippen LogP contribution is 2.46. The Bertz CT molecular complexity index is 5870. The number of methoxy groups -OCH3 is 7. The Labute approximate surface area is 811 Å². The summed E-state index contributed by atoms with van der Waals surface area (Å²) in [6.45, 7) is 5.49. The van der Waals surface area contributed by atoms with Crippen LogP contribution < -0.4 is 52.1 Å². The van der Waals surface area contributed by atoms with Crippen LogP contribution in [0.4, 0.5) is 0 Å². The molecule has 17 nitrogen and oxygen atoms in total. The molecule has 3 unspecified atom stereocenters. The van der Waals surface area contributed by atoms with Gasteiger partial charge in [-0.05, 0) is 227 Å². The van der Waals surface area contributed by atoms with Gasteiger partial charge < -0.3 is 82.7 Å². The first-order valence-corrected chi connectivity index (χ1v) is 45.2. The molecule has 0 spiro atoms. The van der Waals surface area contributed by atoms with Crippen LogP contribution in [-0.2, 0) is 50.8 Å². The third kappa shape index (κ3) is 26.1. The number of rotatable bonds is 31. The zero-order valence-corrected chi connectivity index (χ0v) is 81.1. The zero-order chi connectivity index (χ0) is 94.3. The average Bonchev–Trinajstić information content (AvgIpc) is 0.754. The van der Waals surface area contributed by atoms with Crippen molar-refractivity contribution >= 4 is 82.6 Å². The van der Waals surface area contributed by atoms with Crippen molar-refractivity contribution in [2.45, 2.75) is 76.9 Å². The number of benzene rings is 15. The summed E-state index contributed by atoms with van der Waals surface area (Å²) in [5.74, 6) is 6.92. The summed E-state index contributed by atoms with van der Waals surface area (Å²) in [6.07, 6.45) is -1.68. The number of aryl methyl sites for hydroxylation is 2. The van der Waals surface area contributed by atoms with E-state index in [9.17, 15) is 30.6 Å². The molecule has 0 aliphatic carbocycles. The van der Waals surface area contributed by atoms with E-state index in [0.29, 0.717) is 149 Å². The van der Waals surface area contributed by atoms with Crippen LogP contribution in [0.3, 0.4) is 0 Å². The fourth-order valence-electron chi connectivity index (χ4n) is 14.1. The van der Waals surface area contributed by atoms with Crippen molar-refractivity contribution in [3.63, 3.8) is 0 Å². The van der Waals surface area contributed by atoms with Gasteiger partial charge in [0.15, 0.2) is 46.0 Å². The molecule has 132 heavy (non-hydrogen) atoms. The van der Waals surface area contributed by atoms with Crippen LogP contribution in [-0.4, -0.2) is 80.4 Å². The van der Waals surface area contributed by atoms with E-state index in [1.807, 2.05) is 287 Å². The quantitative estimate of drug-likeness (QED) is 0.0222. The molecular formula is C109H102Br3Cl3O17. The van der Waals surface area contributed by atoms with E-state index in [-0.39, 0.29) is 13.2 Å². The van der Waals surface area contributed by atoms with Crippen LogP contribution in [0.1, 0.15) is 112 Å². The highest BCUT2D eigenvalue weighted by Gasteiger charge is 2.37. The van der Waals surface area contributed by atoms with Gasteiger partial charge in [-0.3, -0.25) is 0 Å². The predicted octanol–water partition coefficient (Wildman–Crippen LogP) is 25.4. The van der Waals surface area contributed by atoms with Crippen LogP contribution >= 0.6 is 82.6 Å². The minimum Gasteiger partial charge on any atom is -0.496 e. The number of ether oxygens (including phenoxy) is 11. The number of halogens is 6. The lowest BCUT2D eigenvalue weighted by Gasteiger charge is -2.31. The van der Waals surface area contributed by atoms with Crippen molar-refractivity contribution in [1.29, 1.82) is 0 Å². The molecule has 6 N–H and O–H groups in total. The molecule has 0 saturated carbocycles. The van der Waals surface area contributed by atoms with Gasteiger partial charge in [-0.1, -0.05) is 297 Å². The summed E-state index contributed by atoms with van der Waals surface area (Å²) in [5, 5.41) is 65.9. The van der Waals surface area contributed by atoms with Gasteiger partial charge >= 0.3 is 0 Å². The molecule has 0 fully saturated rings. The highest BCUT2D eigenvalue weighted by molar-refractivity contribution is 9.11. The molecule has 15 rings (SSSR count). The molecule has 3 atom stereocenters. The van der Waals surface area contributed by atoms with E-state index in [1.54, 1.807) is 103 Å². The molecule has 23 heteroatoms. The fraction of sp³-hybridized carbons (Fsp3) is 0.174. The van der Waals surface area contributed by atoms with Gasteiger partial charge in [0.25, 0.3) is 0 Å².